The molecule has 0 aliphatic heterocycles. The van der Waals surface area contributed by atoms with E-state index < -0.39 is 0 Å². The summed E-state index contributed by atoms with van der Waals surface area (Å²) >= 11 is 0. The third-order valence-electron chi connectivity index (χ3n) is 12.0. The summed E-state index contributed by atoms with van der Waals surface area (Å²) in [6.45, 7) is 0. The van der Waals surface area contributed by atoms with Gasteiger partial charge in [0.25, 0.3) is 0 Å². The molecule has 5 heterocycles. The Kier molecular flexibility index (Phi) is 7.17. The van der Waals surface area contributed by atoms with Gasteiger partial charge in [-0.05, 0) is 72.1 Å². The van der Waals surface area contributed by atoms with Gasteiger partial charge in [-0.3, -0.25) is 0 Å². The lowest BCUT2D eigenvalue weighted by molar-refractivity contribution is 0.654. The molecular weight excluding hydrogens is 749 g/mol. The number of para-hydroxylation sites is 3. The van der Waals surface area contributed by atoms with Crippen LogP contribution in [0.4, 0.5) is 0 Å². The molecule has 0 N–H and O–H groups in total. The number of nitrogens with zero attached hydrogens (tertiary/aromatic N) is 6. The van der Waals surface area contributed by atoms with Crippen molar-refractivity contribution in [3.8, 4) is 45.5 Å². The van der Waals surface area contributed by atoms with E-state index >= 15 is 0 Å². The molecule has 61 heavy (non-hydrogen) atoms. The lowest BCUT2D eigenvalue weighted by Gasteiger charge is -2.15. The molecule has 0 fully saturated rings. The number of pyridine rings is 1. The summed E-state index contributed by atoms with van der Waals surface area (Å²) in [6.07, 6.45) is 1.75. The minimum atomic E-state index is 0.560. The number of furan rings is 1. The molecule has 0 aliphatic carbocycles. The average molecular weight is 781 g/mol. The van der Waals surface area contributed by atoms with E-state index in [9.17, 15) is 0 Å². The Hall–Kier alpha value is -8.42. The molecule has 0 atom stereocenters. The minimum absolute atomic E-state index is 0.560. The molecule has 0 aliphatic rings. The molecular formula is C54H32N6O. The van der Waals surface area contributed by atoms with Gasteiger partial charge in [0.05, 0.1) is 27.8 Å². The smallest absolute Gasteiger partial charge is 0.227 e. The number of aromatic nitrogens is 6. The van der Waals surface area contributed by atoms with E-state index in [1.807, 2.05) is 54.6 Å². The van der Waals surface area contributed by atoms with E-state index in [-0.39, 0.29) is 0 Å². The van der Waals surface area contributed by atoms with Crippen LogP contribution in [0.2, 0.25) is 0 Å². The van der Waals surface area contributed by atoms with Crippen LogP contribution in [0.15, 0.2) is 199 Å². The Labute approximate surface area is 348 Å². The van der Waals surface area contributed by atoms with Crippen molar-refractivity contribution in [2.24, 2.45) is 0 Å². The summed E-state index contributed by atoms with van der Waals surface area (Å²) in [5.41, 5.74) is 10.7. The van der Waals surface area contributed by atoms with Crippen molar-refractivity contribution in [3.63, 3.8) is 0 Å². The van der Waals surface area contributed by atoms with Gasteiger partial charge in [0, 0.05) is 66.3 Å². The predicted molar refractivity (Wildman–Crippen MR) is 247 cm³/mol. The monoisotopic (exact) mass is 780 g/mol. The van der Waals surface area contributed by atoms with Crippen molar-refractivity contribution in [2.45, 2.75) is 0 Å². The van der Waals surface area contributed by atoms with Crippen molar-refractivity contribution in [1.82, 2.24) is 29.1 Å². The van der Waals surface area contributed by atoms with Gasteiger partial charge in [-0.1, -0.05) is 121 Å². The fraction of sp³-hybridized carbons (Fsp3) is 0. The van der Waals surface area contributed by atoms with Crippen LogP contribution in [0.25, 0.3) is 122 Å². The summed E-state index contributed by atoms with van der Waals surface area (Å²) in [5.74, 6) is 1.73. The van der Waals surface area contributed by atoms with Crippen molar-refractivity contribution in [1.29, 1.82) is 0 Å². The van der Waals surface area contributed by atoms with Crippen LogP contribution in [-0.4, -0.2) is 29.1 Å². The molecule has 7 nitrogen and oxygen atoms in total. The minimum Gasteiger partial charge on any atom is -0.438 e. The third-order valence-corrected chi connectivity index (χ3v) is 12.0. The first kappa shape index (κ1) is 33.5. The summed E-state index contributed by atoms with van der Waals surface area (Å²) in [6, 6.07) is 66.0. The molecule has 8 aromatic carbocycles. The first-order valence-corrected chi connectivity index (χ1v) is 20.4. The maximum Gasteiger partial charge on any atom is 0.227 e. The number of hydrogen-bond donors (Lipinski definition) is 0. The molecule has 13 rings (SSSR count). The molecule has 13 aromatic rings. The SMILES string of the molecule is c1ccc(-c2nc(-c3cc(-n4c5ccccc5c5cc(-n6c7ccccc7c7ccccc76)ccc54)c4ccccc4c3)nc(-c3cccc4oc5ncccc5c34)n2)cc1. The number of benzene rings is 8. The van der Waals surface area contributed by atoms with E-state index in [4.69, 9.17) is 19.4 Å². The number of rotatable bonds is 5. The predicted octanol–water partition coefficient (Wildman–Crippen LogP) is 13.5. The molecule has 0 saturated heterocycles. The highest BCUT2D eigenvalue weighted by molar-refractivity contribution is 6.14. The first-order chi connectivity index (χ1) is 30.2. The Morgan fingerprint density at radius 2 is 1.00 bits per heavy atom. The Bertz CT molecular complexity index is 3840. The van der Waals surface area contributed by atoms with Crippen LogP contribution in [0.1, 0.15) is 0 Å². The van der Waals surface area contributed by atoms with Crippen molar-refractivity contribution in [3.05, 3.63) is 194 Å². The summed E-state index contributed by atoms with van der Waals surface area (Å²) < 4.78 is 11.0. The fourth-order valence-electron chi connectivity index (χ4n) is 9.35. The van der Waals surface area contributed by atoms with E-state index in [0.717, 1.165) is 66.2 Å². The highest BCUT2D eigenvalue weighted by Crippen LogP contribution is 2.41. The zero-order valence-corrected chi connectivity index (χ0v) is 32.6. The second-order valence-corrected chi connectivity index (χ2v) is 15.4. The molecule has 0 radical (unpaired) electrons. The molecule has 7 heteroatoms. The summed E-state index contributed by atoms with van der Waals surface area (Å²) in [4.78, 5) is 20.1. The highest BCUT2D eigenvalue weighted by Gasteiger charge is 2.21. The zero-order valence-electron chi connectivity index (χ0n) is 32.6. The quantitative estimate of drug-likeness (QED) is 0.174. The molecule has 0 bridgehead atoms. The lowest BCUT2D eigenvalue weighted by Crippen LogP contribution is -2.02. The van der Waals surface area contributed by atoms with Gasteiger partial charge in [-0.25, -0.2) is 19.9 Å². The Morgan fingerprint density at radius 1 is 0.393 bits per heavy atom. The van der Waals surface area contributed by atoms with Crippen LogP contribution < -0.4 is 0 Å². The maximum absolute atomic E-state index is 6.20. The second kappa shape index (κ2) is 13.0. The molecule has 0 amide bonds. The molecule has 5 aromatic heterocycles. The van der Waals surface area contributed by atoms with Gasteiger partial charge < -0.3 is 13.6 Å². The Balaban J connectivity index is 1.06. The largest absolute Gasteiger partial charge is 0.438 e. The topological polar surface area (TPSA) is 74.6 Å². The van der Waals surface area contributed by atoms with E-state index in [1.165, 1.54) is 32.6 Å². The van der Waals surface area contributed by atoms with E-state index in [0.29, 0.717) is 23.2 Å². The van der Waals surface area contributed by atoms with Crippen LogP contribution in [0.3, 0.4) is 0 Å². The van der Waals surface area contributed by atoms with Crippen LogP contribution in [-0.2, 0) is 0 Å². The van der Waals surface area contributed by atoms with Crippen LogP contribution in [0, 0.1) is 0 Å². The van der Waals surface area contributed by atoms with E-state index in [2.05, 4.69) is 148 Å². The van der Waals surface area contributed by atoms with Gasteiger partial charge in [0.15, 0.2) is 17.5 Å². The van der Waals surface area contributed by atoms with Crippen LogP contribution >= 0.6 is 0 Å². The first-order valence-electron chi connectivity index (χ1n) is 20.4. The second-order valence-electron chi connectivity index (χ2n) is 15.4. The maximum atomic E-state index is 6.20. The van der Waals surface area contributed by atoms with Gasteiger partial charge >= 0.3 is 0 Å². The molecule has 284 valence electrons. The standard InChI is InChI=1S/C54H32N6O/c1-2-14-33(15-3-1)51-56-52(58-53(57-51)41-21-12-26-49-50(41)42-22-13-29-55-54(42)61-49)35-30-34-16-4-5-17-37(34)48(31-35)60-46-25-11-8-20-40(46)43-32-36(27-28-47(43)60)59-44-23-9-6-18-38(44)39-19-7-10-24-45(39)59/h1-32H. The van der Waals surface area contributed by atoms with Gasteiger partial charge in [0.1, 0.15) is 5.58 Å². The van der Waals surface area contributed by atoms with Gasteiger partial charge in [0.2, 0.25) is 5.71 Å². The summed E-state index contributed by atoms with van der Waals surface area (Å²) in [5, 5.41) is 8.88. The lowest BCUT2D eigenvalue weighted by atomic mass is 10.0. The summed E-state index contributed by atoms with van der Waals surface area (Å²) in [7, 11) is 0. The Morgan fingerprint density at radius 3 is 1.77 bits per heavy atom. The normalized spacial score (nSPS) is 11.9. The molecule has 0 spiro atoms. The molecule has 0 unspecified atom stereocenters. The highest BCUT2D eigenvalue weighted by atomic mass is 16.3. The van der Waals surface area contributed by atoms with E-state index in [1.54, 1.807) is 6.20 Å². The van der Waals surface area contributed by atoms with Crippen molar-refractivity contribution < 1.29 is 4.42 Å². The van der Waals surface area contributed by atoms with Crippen molar-refractivity contribution >= 4 is 76.5 Å². The van der Waals surface area contributed by atoms with Gasteiger partial charge in [-0.15, -0.1) is 0 Å². The van der Waals surface area contributed by atoms with Gasteiger partial charge in [-0.2, -0.15) is 0 Å². The number of fused-ring (bicyclic) bond motifs is 10. The van der Waals surface area contributed by atoms with Crippen LogP contribution in [0.5, 0.6) is 0 Å². The third kappa shape index (κ3) is 5.11. The zero-order chi connectivity index (χ0) is 40.0. The average Bonchev–Trinajstić information content (AvgIpc) is 3.99. The fourth-order valence-corrected chi connectivity index (χ4v) is 9.35. The number of hydrogen-bond acceptors (Lipinski definition) is 5. The molecule has 0 saturated carbocycles. The van der Waals surface area contributed by atoms with Crippen molar-refractivity contribution in [2.75, 3.05) is 0 Å².